The molecule has 0 aliphatic heterocycles. The summed E-state index contributed by atoms with van der Waals surface area (Å²) < 4.78 is 1.89. The second-order valence-electron chi connectivity index (χ2n) is 7.58. The number of rotatable bonds is 6. The summed E-state index contributed by atoms with van der Waals surface area (Å²) in [6, 6.07) is 8.28. The molecule has 5 rings (SSSR count). The number of thiazole rings is 1. The third-order valence-electron chi connectivity index (χ3n) is 5.44. The van der Waals surface area contributed by atoms with Gasteiger partial charge in [0.1, 0.15) is 6.33 Å². The molecule has 1 aromatic carbocycles. The van der Waals surface area contributed by atoms with Gasteiger partial charge in [0.15, 0.2) is 5.01 Å². The molecule has 0 aliphatic rings. The third kappa shape index (κ3) is 3.67. The minimum atomic E-state index is -0.492. The number of nitrogens with two attached hydrogens (primary N) is 1. The molecule has 0 bridgehead atoms. The highest BCUT2D eigenvalue weighted by atomic mass is 32.1. The number of H-pyrrole nitrogens is 1. The largest absolute Gasteiger partial charge is 0.364 e. The van der Waals surface area contributed by atoms with Crippen LogP contribution in [0, 0.1) is 6.92 Å². The number of primary amides is 1. The van der Waals surface area contributed by atoms with Gasteiger partial charge in [0, 0.05) is 35.7 Å². The Labute approximate surface area is 188 Å². The van der Waals surface area contributed by atoms with E-state index in [2.05, 4.69) is 57.1 Å². The van der Waals surface area contributed by atoms with Crippen LogP contribution in [0.1, 0.15) is 33.5 Å². The molecule has 9 heteroatoms. The molecule has 0 fully saturated rings. The number of fused-ring (bicyclic) bond motifs is 1. The lowest BCUT2D eigenvalue weighted by Gasteiger charge is -2.08. The van der Waals surface area contributed by atoms with Crippen LogP contribution in [0.4, 0.5) is 0 Å². The van der Waals surface area contributed by atoms with E-state index in [0.717, 1.165) is 56.9 Å². The number of hydrogen-bond acceptors (Lipinski definition) is 6. The summed E-state index contributed by atoms with van der Waals surface area (Å²) in [5.41, 5.74) is 14.0. The molecule has 0 saturated heterocycles. The predicted molar refractivity (Wildman–Crippen MR) is 124 cm³/mol. The Hall–Kier alpha value is -3.85. The van der Waals surface area contributed by atoms with Gasteiger partial charge in [-0.1, -0.05) is 12.1 Å². The predicted octanol–water partition coefficient (Wildman–Crippen LogP) is 3.96. The Kier molecular flexibility index (Phi) is 5.02. The average molecular weight is 444 g/mol. The van der Waals surface area contributed by atoms with Crippen molar-refractivity contribution in [2.75, 3.05) is 0 Å². The summed E-state index contributed by atoms with van der Waals surface area (Å²) >= 11 is 1.27. The van der Waals surface area contributed by atoms with Crippen molar-refractivity contribution in [3.8, 4) is 22.5 Å². The Morgan fingerprint density at radius 1 is 1.22 bits per heavy atom. The van der Waals surface area contributed by atoms with E-state index in [9.17, 15) is 4.79 Å². The van der Waals surface area contributed by atoms with Gasteiger partial charge in [0.25, 0.3) is 5.91 Å². The third-order valence-corrected chi connectivity index (χ3v) is 6.34. The molecule has 3 N–H and O–H groups in total. The normalized spacial score (nSPS) is 11.3. The van der Waals surface area contributed by atoms with Crippen molar-refractivity contribution >= 4 is 28.3 Å². The monoisotopic (exact) mass is 443 g/mol. The van der Waals surface area contributed by atoms with Gasteiger partial charge in [-0.15, -0.1) is 11.3 Å². The number of amides is 1. The topological polar surface area (TPSA) is 115 Å². The molecule has 0 saturated carbocycles. The van der Waals surface area contributed by atoms with Crippen LogP contribution >= 0.6 is 11.3 Å². The first-order valence-electron chi connectivity index (χ1n) is 10.2. The van der Waals surface area contributed by atoms with Crippen LogP contribution in [0.2, 0.25) is 0 Å². The fourth-order valence-corrected chi connectivity index (χ4v) is 4.40. The minimum absolute atomic E-state index is 0.338. The van der Waals surface area contributed by atoms with Crippen LogP contribution in [0.25, 0.3) is 33.5 Å². The summed E-state index contributed by atoms with van der Waals surface area (Å²) in [6.07, 6.45) is 6.10. The van der Waals surface area contributed by atoms with E-state index in [1.165, 1.54) is 11.3 Å². The number of aromatic nitrogens is 6. The van der Waals surface area contributed by atoms with E-state index in [0.29, 0.717) is 11.4 Å². The number of hydrogen-bond donors (Lipinski definition) is 2. The summed E-state index contributed by atoms with van der Waals surface area (Å²) in [4.78, 5) is 28.1. The van der Waals surface area contributed by atoms with Crippen LogP contribution in [0.5, 0.6) is 0 Å². The number of carbonyl (C=O) groups excluding carboxylic acids is 1. The number of nitrogens with one attached hydrogen (secondary N) is 1. The van der Waals surface area contributed by atoms with Crippen molar-refractivity contribution in [1.82, 2.24) is 29.7 Å². The number of aryl methyl sites for hydroxylation is 2. The Balaban J connectivity index is 1.48. The molecular formula is C23H21N7OS. The summed E-state index contributed by atoms with van der Waals surface area (Å²) in [6.45, 7) is 4.95. The van der Waals surface area contributed by atoms with Gasteiger partial charge >= 0.3 is 0 Å². The number of nitrogens with zero attached hydrogens (tertiary/aromatic N) is 5. The first-order chi connectivity index (χ1) is 15.5. The van der Waals surface area contributed by atoms with Crippen molar-refractivity contribution in [1.29, 1.82) is 0 Å². The SMILES string of the molecule is CCn1cc(-c2cc3ncnc(-c4ccc(Cc5csc(C(N)=O)n5)c(C)c4)c3[nH]2)cn1. The molecule has 5 aromatic rings. The molecule has 4 heterocycles. The van der Waals surface area contributed by atoms with E-state index in [1.54, 1.807) is 6.33 Å². The average Bonchev–Trinajstić information content (AvgIpc) is 3.53. The highest BCUT2D eigenvalue weighted by Crippen LogP contribution is 2.30. The number of benzene rings is 1. The van der Waals surface area contributed by atoms with Crippen molar-refractivity contribution in [2.24, 2.45) is 5.73 Å². The van der Waals surface area contributed by atoms with E-state index < -0.39 is 5.91 Å². The molecule has 160 valence electrons. The lowest BCUT2D eigenvalue weighted by atomic mass is 9.99. The van der Waals surface area contributed by atoms with Gasteiger partial charge in [-0.2, -0.15) is 5.10 Å². The standard InChI is InChI=1S/C23H21N7OS/c1-3-30-10-16(9-27-30)18-8-19-21(29-18)20(26-12-25-19)15-5-4-14(13(2)6-15)7-17-11-32-23(28-17)22(24)31/h4-6,8-12,29H,3,7H2,1-2H3,(H2,24,31). The van der Waals surface area contributed by atoms with Crippen LogP contribution in [-0.2, 0) is 13.0 Å². The maximum Gasteiger partial charge on any atom is 0.277 e. The molecule has 0 radical (unpaired) electrons. The maximum atomic E-state index is 11.3. The van der Waals surface area contributed by atoms with Crippen molar-refractivity contribution in [3.63, 3.8) is 0 Å². The molecule has 1 amide bonds. The van der Waals surface area contributed by atoms with Crippen molar-refractivity contribution in [3.05, 3.63) is 70.2 Å². The highest BCUT2D eigenvalue weighted by molar-refractivity contribution is 7.11. The zero-order chi connectivity index (χ0) is 22.2. The van der Waals surface area contributed by atoms with E-state index in [4.69, 9.17) is 5.73 Å². The summed E-state index contributed by atoms with van der Waals surface area (Å²) in [5.74, 6) is -0.492. The van der Waals surface area contributed by atoms with Crippen LogP contribution in [0.3, 0.4) is 0 Å². The van der Waals surface area contributed by atoms with Crippen molar-refractivity contribution < 1.29 is 4.79 Å². The number of aromatic amines is 1. The summed E-state index contributed by atoms with van der Waals surface area (Å²) in [7, 11) is 0. The van der Waals surface area contributed by atoms with Gasteiger partial charge in [-0.3, -0.25) is 9.48 Å². The van der Waals surface area contributed by atoms with Crippen molar-refractivity contribution in [2.45, 2.75) is 26.8 Å². The molecule has 32 heavy (non-hydrogen) atoms. The lowest BCUT2D eigenvalue weighted by Crippen LogP contribution is -2.10. The van der Waals surface area contributed by atoms with Gasteiger partial charge in [-0.05, 0) is 37.1 Å². The quantitative estimate of drug-likeness (QED) is 0.412. The zero-order valence-corrected chi connectivity index (χ0v) is 18.5. The second kappa shape index (κ2) is 8.01. The highest BCUT2D eigenvalue weighted by Gasteiger charge is 2.14. The first-order valence-corrected chi connectivity index (χ1v) is 11.1. The second-order valence-corrected chi connectivity index (χ2v) is 8.43. The van der Waals surface area contributed by atoms with E-state index in [-0.39, 0.29) is 0 Å². The minimum Gasteiger partial charge on any atom is -0.364 e. The maximum absolute atomic E-state index is 11.3. The fraction of sp³-hybridized carbons (Fsp3) is 0.174. The Morgan fingerprint density at radius 2 is 2.09 bits per heavy atom. The fourth-order valence-electron chi connectivity index (χ4n) is 3.73. The van der Waals surface area contributed by atoms with Gasteiger partial charge < -0.3 is 10.7 Å². The molecule has 0 unspecified atom stereocenters. The molecule has 4 aromatic heterocycles. The molecular weight excluding hydrogens is 422 g/mol. The lowest BCUT2D eigenvalue weighted by molar-refractivity contribution is 0.0999. The molecule has 0 aliphatic carbocycles. The molecule has 0 atom stereocenters. The zero-order valence-electron chi connectivity index (χ0n) is 17.7. The van der Waals surface area contributed by atoms with Crippen LogP contribution in [0.15, 0.2) is 48.4 Å². The van der Waals surface area contributed by atoms with Gasteiger partial charge in [-0.25, -0.2) is 15.0 Å². The molecule has 0 spiro atoms. The van der Waals surface area contributed by atoms with Gasteiger partial charge in [0.05, 0.1) is 34.3 Å². The Bertz CT molecular complexity index is 1450. The first kappa shape index (κ1) is 20.1. The van der Waals surface area contributed by atoms with E-state index >= 15 is 0 Å². The molecule has 8 nitrogen and oxygen atoms in total. The smallest absolute Gasteiger partial charge is 0.277 e. The van der Waals surface area contributed by atoms with Gasteiger partial charge in [0.2, 0.25) is 0 Å². The van der Waals surface area contributed by atoms with E-state index in [1.807, 2.05) is 28.5 Å². The van der Waals surface area contributed by atoms with Crippen LogP contribution in [-0.4, -0.2) is 35.6 Å². The Morgan fingerprint density at radius 3 is 2.81 bits per heavy atom. The number of carbonyl (C=O) groups is 1. The summed E-state index contributed by atoms with van der Waals surface area (Å²) in [5, 5.41) is 6.57. The van der Waals surface area contributed by atoms with Crippen LogP contribution < -0.4 is 5.73 Å².